The largest absolute Gasteiger partial charge is 0.507 e. The van der Waals surface area contributed by atoms with E-state index in [2.05, 4.69) is 10.2 Å². The number of furan rings is 1. The van der Waals surface area contributed by atoms with Crippen molar-refractivity contribution in [2.24, 2.45) is 0 Å². The summed E-state index contributed by atoms with van der Waals surface area (Å²) in [5.74, 6) is -0.935. The number of aliphatic hydroxyl groups excluding tert-OH is 1. The summed E-state index contributed by atoms with van der Waals surface area (Å²) in [5.41, 5.74) is 1.78. The Morgan fingerprint density at radius 2 is 2.03 bits per heavy atom. The lowest BCUT2D eigenvalue weighted by atomic mass is 9.99. The molecule has 1 fully saturated rings. The molecule has 1 aromatic carbocycles. The molecule has 2 aromatic heterocycles. The second-order valence-corrected chi connectivity index (χ2v) is 7.86. The molecule has 1 aliphatic rings. The van der Waals surface area contributed by atoms with Crippen LogP contribution in [0.1, 0.15) is 24.3 Å². The Bertz CT molecular complexity index is 1090. The molecule has 1 amide bonds. The van der Waals surface area contributed by atoms with Crippen molar-refractivity contribution in [1.82, 2.24) is 10.2 Å². The minimum Gasteiger partial charge on any atom is -0.507 e. The summed E-state index contributed by atoms with van der Waals surface area (Å²) in [4.78, 5) is 26.9. The molecule has 29 heavy (non-hydrogen) atoms. The second kappa shape index (κ2) is 7.95. The molecule has 1 saturated heterocycles. The van der Waals surface area contributed by atoms with Gasteiger partial charge in [-0.2, -0.15) is 0 Å². The van der Waals surface area contributed by atoms with Crippen LogP contribution in [-0.4, -0.2) is 33.6 Å². The summed E-state index contributed by atoms with van der Waals surface area (Å²) in [5, 5.41) is 18.9. The van der Waals surface area contributed by atoms with E-state index < -0.39 is 17.7 Å². The van der Waals surface area contributed by atoms with E-state index in [0.717, 1.165) is 11.3 Å². The number of ketones is 1. The smallest absolute Gasteiger partial charge is 0.302 e. The Balaban J connectivity index is 1.86. The van der Waals surface area contributed by atoms with Crippen LogP contribution in [0.25, 0.3) is 5.76 Å². The molecule has 0 spiro atoms. The lowest BCUT2D eigenvalue weighted by Gasteiger charge is -2.20. The number of aliphatic hydroxyl groups is 1. The molecule has 3 heterocycles. The van der Waals surface area contributed by atoms with Gasteiger partial charge in [0.15, 0.2) is 3.77 Å². The Labute approximate surface area is 182 Å². The third kappa shape index (κ3) is 3.53. The van der Waals surface area contributed by atoms with Gasteiger partial charge in [0.2, 0.25) is 5.13 Å². The number of hydrogen-bond donors (Lipinski definition) is 1. The van der Waals surface area contributed by atoms with Gasteiger partial charge in [-0.05, 0) is 65.9 Å². The van der Waals surface area contributed by atoms with E-state index in [1.165, 1.54) is 10.4 Å². The second-order valence-electron chi connectivity index (χ2n) is 5.99. The summed E-state index contributed by atoms with van der Waals surface area (Å²) in [6.45, 7) is 2.38. The molecular weight excluding hydrogens is 509 g/mol. The van der Waals surface area contributed by atoms with Crippen molar-refractivity contribution < 1.29 is 23.8 Å². The number of aromatic nitrogens is 2. The van der Waals surface area contributed by atoms with Gasteiger partial charge in [-0.25, -0.2) is 0 Å². The lowest BCUT2D eigenvalue weighted by molar-refractivity contribution is -0.132. The number of halogens is 1. The third-order valence-corrected chi connectivity index (χ3v) is 5.57. The number of hydrogen-bond acceptors (Lipinski definition) is 8. The van der Waals surface area contributed by atoms with Crippen molar-refractivity contribution in [2.75, 3.05) is 11.5 Å². The highest BCUT2D eigenvalue weighted by Gasteiger charge is 2.49. The van der Waals surface area contributed by atoms with Gasteiger partial charge < -0.3 is 14.3 Å². The summed E-state index contributed by atoms with van der Waals surface area (Å²) in [6.07, 6.45) is 0. The van der Waals surface area contributed by atoms with Crippen LogP contribution >= 0.6 is 33.9 Å². The zero-order valence-electron chi connectivity index (χ0n) is 15.0. The maximum absolute atomic E-state index is 12.9. The van der Waals surface area contributed by atoms with Gasteiger partial charge >= 0.3 is 5.91 Å². The normalized spacial score (nSPS) is 18.4. The first-order valence-corrected chi connectivity index (χ1v) is 10.5. The number of nitrogens with zero attached hydrogens (tertiary/aromatic N) is 3. The molecular formula is C19H14IN3O5S. The quantitative estimate of drug-likeness (QED) is 0.235. The van der Waals surface area contributed by atoms with Crippen LogP contribution < -0.4 is 9.64 Å². The molecule has 10 heteroatoms. The van der Waals surface area contributed by atoms with Crippen molar-refractivity contribution in [3.8, 4) is 5.75 Å². The maximum Gasteiger partial charge on any atom is 0.302 e. The average Bonchev–Trinajstić information content (AvgIpc) is 3.43. The predicted molar refractivity (Wildman–Crippen MR) is 114 cm³/mol. The molecule has 1 N–H and O–H groups in total. The Hall–Kier alpha value is -2.73. The van der Waals surface area contributed by atoms with E-state index in [1.807, 2.05) is 29.5 Å². The highest BCUT2D eigenvalue weighted by Crippen LogP contribution is 2.43. The van der Waals surface area contributed by atoms with Crippen LogP contribution in [0, 0.1) is 3.77 Å². The fraction of sp³-hybridized carbons (Fsp3) is 0.158. The van der Waals surface area contributed by atoms with Crippen LogP contribution in [0.3, 0.4) is 0 Å². The maximum atomic E-state index is 12.9. The number of ether oxygens (including phenoxy) is 1. The molecule has 0 saturated carbocycles. The molecule has 8 nitrogen and oxygen atoms in total. The molecule has 0 radical (unpaired) electrons. The van der Waals surface area contributed by atoms with Crippen LogP contribution in [0.2, 0.25) is 0 Å². The highest BCUT2D eigenvalue weighted by atomic mass is 127. The van der Waals surface area contributed by atoms with Crippen LogP contribution in [0.4, 0.5) is 5.13 Å². The molecule has 148 valence electrons. The van der Waals surface area contributed by atoms with Gasteiger partial charge in [0, 0.05) is 5.56 Å². The van der Waals surface area contributed by atoms with Crippen molar-refractivity contribution in [1.29, 1.82) is 0 Å². The molecule has 1 atom stereocenters. The van der Waals surface area contributed by atoms with Gasteiger partial charge in [0.05, 0.1) is 12.2 Å². The fourth-order valence-corrected chi connectivity index (χ4v) is 4.10. The van der Waals surface area contributed by atoms with Crippen molar-refractivity contribution >= 4 is 56.5 Å². The van der Waals surface area contributed by atoms with Crippen molar-refractivity contribution in [2.45, 2.75) is 13.0 Å². The van der Waals surface area contributed by atoms with Crippen LogP contribution in [0.5, 0.6) is 5.75 Å². The van der Waals surface area contributed by atoms with E-state index in [1.54, 1.807) is 36.4 Å². The highest BCUT2D eigenvalue weighted by molar-refractivity contribution is 14.1. The molecule has 1 unspecified atom stereocenters. The van der Waals surface area contributed by atoms with Gasteiger partial charge in [0.25, 0.3) is 5.78 Å². The zero-order valence-corrected chi connectivity index (χ0v) is 18.0. The number of amides is 1. The first-order valence-electron chi connectivity index (χ1n) is 8.57. The van der Waals surface area contributed by atoms with E-state index in [-0.39, 0.29) is 16.5 Å². The van der Waals surface area contributed by atoms with Gasteiger partial charge in [-0.15, -0.1) is 10.2 Å². The zero-order chi connectivity index (χ0) is 20.5. The summed E-state index contributed by atoms with van der Waals surface area (Å²) >= 11 is 3.11. The van der Waals surface area contributed by atoms with E-state index in [0.29, 0.717) is 27.4 Å². The number of carbonyl (C=O) groups is 2. The molecule has 0 aliphatic carbocycles. The number of anilines is 1. The Morgan fingerprint density at radius 3 is 2.62 bits per heavy atom. The number of carbonyl (C=O) groups excluding carboxylic acids is 2. The standard InChI is InChI=1S/C19H14IN3O5S/c1-2-27-11-5-3-10(4-6-11)16(24)14-15(12-7-8-13(20)28-12)23(18(26)17(14)25)19-22-21-9-29-19/h3-9,15,24H,2H2,1H3/b16-14+. The van der Waals surface area contributed by atoms with Crippen LogP contribution in [0.15, 0.2) is 51.9 Å². The number of Topliss-reactive ketones (excluding diaryl/α,β-unsaturated/α-hetero) is 1. The molecule has 3 aromatic rings. The molecule has 0 bridgehead atoms. The minimum absolute atomic E-state index is 0.0693. The Kier molecular flexibility index (Phi) is 5.37. The van der Waals surface area contributed by atoms with Crippen molar-refractivity contribution in [3.63, 3.8) is 0 Å². The van der Waals surface area contributed by atoms with Gasteiger partial charge in [-0.1, -0.05) is 11.3 Å². The minimum atomic E-state index is -0.946. The van der Waals surface area contributed by atoms with Crippen molar-refractivity contribution in [3.05, 3.63) is 62.6 Å². The SMILES string of the molecule is CCOc1ccc(/C(O)=C2\C(=O)C(=O)N(c3nncs3)C2c2ccc(I)o2)cc1. The summed E-state index contributed by atoms with van der Waals surface area (Å²) in [7, 11) is 0. The van der Waals surface area contributed by atoms with E-state index in [9.17, 15) is 14.7 Å². The average molecular weight is 523 g/mol. The first-order chi connectivity index (χ1) is 14.0. The van der Waals surface area contributed by atoms with Gasteiger partial charge in [0.1, 0.15) is 28.8 Å². The summed E-state index contributed by atoms with van der Waals surface area (Å²) in [6, 6.07) is 9.06. The fourth-order valence-electron chi connectivity index (χ4n) is 3.08. The molecule has 1 aliphatic heterocycles. The Morgan fingerprint density at radius 1 is 1.28 bits per heavy atom. The monoisotopic (exact) mass is 523 g/mol. The van der Waals surface area contributed by atoms with Crippen LogP contribution in [-0.2, 0) is 9.59 Å². The topological polar surface area (TPSA) is 106 Å². The molecule has 4 rings (SSSR count). The third-order valence-electron chi connectivity index (χ3n) is 4.30. The number of rotatable bonds is 5. The summed E-state index contributed by atoms with van der Waals surface area (Å²) < 4.78 is 11.7. The lowest BCUT2D eigenvalue weighted by Crippen LogP contribution is -2.29. The van der Waals surface area contributed by atoms with Gasteiger partial charge in [-0.3, -0.25) is 14.5 Å². The van der Waals surface area contributed by atoms with E-state index >= 15 is 0 Å². The predicted octanol–water partition coefficient (Wildman–Crippen LogP) is 3.76. The van der Waals surface area contributed by atoms with E-state index in [4.69, 9.17) is 9.15 Å². The first kappa shape index (κ1) is 19.6. The number of benzene rings is 1.